The SMILES string of the molecule is Br.Br.Br.CCCC.CCCC.CCCC.N. The van der Waals surface area contributed by atoms with Crippen molar-refractivity contribution in [2.75, 3.05) is 0 Å². The highest BCUT2D eigenvalue weighted by Crippen LogP contribution is 1.77. The largest absolute Gasteiger partial charge is 0.344 e. The molecule has 0 aromatic rings. The Labute approximate surface area is 136 Å². The summed E-state index contributed by atoms with van der Waals surface area (Å²) in [4.78, 5) is 0. The van der Waals surface area contributed by atoms with Gasteiger partial charge in [-0.1, -0.05) is 80.1 Å². The predicted octanol–water partition coefficient (Wildman–Crippen LogP) is 7.31. The van der Waals surface area contributed by atoms with Crippen LogP contribution in [0.2, 0.25) is 0 Å². The van der Waals surface area contributed by atoms with Gasteiger partial charge in [-0.25, -0.2) is 0 Å². The summed E-state index contributed by atoms with van der Waals surface area (Å²) in [5, 5.41) is 0. The maximum Gasteiger partial charge on any atom is -0.0564 e. The van der Waals surface area contributed by atoms with E-state index in [-0.39, 0.29) is 57.1 Å². The van der Waals surface area contributed by atoms with Crippen molar-refractivity contribution in [3.8, 4) is 0 Å². The van der Waals surface area contributed by atoms with Gasteiger partial charge in [-0.15, -0.1) is 50.9 Å². The molecule has 0 aromatic heterocycles. The zero-order chi connectivity index (χ0) is 10.2. The number of hydrogen-bond acceptors (Lipinski definition) is 1. The maximum atomic E-state index is 2.18. The molecule has 1 nitrogen and oxygen atoms in total. The summed E-state index contributed by atoms with van der Waals surface area (Å²) in [6, 6.07) is 0. The van der Waals surface area contributed by atoms with Gasteiger partial charge < -0.3 is 6.15 Å². The monoisotopic (exact) mass is 431 g/mol. The predicted molar refractivity (Wildman–Crippen MR) is 97.7 cm³/mol. The molecule has 0 aromatic carbocycles. The number of hydrogen-bond donors (Lipinski definition) is 1. The summed E-state index contributed by atoms with van der Waals surface area (Å²) < 4.78 is 0. The first-order valence-corrected chi connectivity index (χ1v) is 5.74. The van der Waals surface area contributed by atoms with E-state index in [1.165, 1.54) is 38.5 Å². The third kappa shape index (κ3) is 165. The van der Waals surface area contributed by atoms with Crippen LogP contribution >= 0.6 is 50.9 Å². The van der Waals surface area contributed by atoms with E-state index < -0.39 is 0 Å². The molecule has 0 radical (unpaired) electrons. The fourth-order valence-electron chi connectivity index (χ4n) is 0. The second-order valence-corrected chi connectivity index (χ2v) is 3.00. The number of rotatable bonds is 3. The van der Waals surface area contributed by atoms with Crippen molar-refractivity contribution in [3.63, 3.8) is 0 Å². The second kappa shape index (κ2) is 71.0. The van der Waals surface area contributed by atoms with E-state index >= 15 is 0 Å². The molecule has 0 fully saturated rings. The molecule has 0 atom stereocenters. The van der Waals surface area contributed by atoms with Crippen LogP contribution in [0.1, 0.15) is 80.1 Å². The van der Waals surface area contributed by atoms with E-state index in [9.17, 15) is 0 Å². The Kier molecular flexibility index (Phi) is 192. The highest BCUT2D eigenvalue weighted by atomic mass is 79.9. The van der Waals surface area contributed by atoms with Gasteiger partial charge in [-0.3, -0.25) is 0 Å². The van der Waals surface area contributed by atoms with Crippen LogP contribution in [0.25, 0.3) is 0 Å². The van der Waals surface area contributed by atoms with Crippen LogP contribution in [0.5, 0.6) is 0 Å². The zero-order valence-corrected chi connectivity index (χ0v) is 17.3. The van der Waals surface area contributed by atoms with E-state index in [1.54, 1.807) is 0 Å². The van der Waals surface area contributed by atoms with Gasteiger partial charge in [-0.2, -0.15) is 0 Å². The lowest BCUT2D eigenvalue weighted by atomic mass is 10.4. The Morgan fingerprint density at radius 1 is 0.375 bits per heavy atom. The first-order valence-electron chi connectivity index (χ1n) is 5.74. The molecule has 0 aliphatic carbocycles. The van der Waals surface area contributed by atoms with Crippen LogP contribution < -0.4 is 6.15 Å². The van der Waals surface area contributed by atoms with Gasteiger partial charge in [0.2, 0.25) is 0 Å². The summed E-state index contributed by atoms with van der Waals surface area (Å²) in [5.74, 6) is 0. The van der Waals surface area contributed by atoms with E-state index in [2.05, 4.69) is 41.5 Å². The summed E-state index contributed by atoms with van der Waals surface area (Å²) in [5.41, 5.74) is 0. The molecule has 3 N–H and O–H groups in total. The summed E-state index contributed by atoms with van der Waals surface area (Å²) in [6.45, 7) is 13.1. The van der Waals surface area contributed by atoms with Crippen molar-refractivity contribution in [3.05, 3.63) is 0 Å². The van der Waals surface area contributed by atoms with Crippen molar-refractivity contribution in [2.24, 2.45) is 0 Å². The lowest BCUT2D eigenvalue weighted by Crippen LogP contribution is -1.47. The topological polar surface area (TPSA) is 35.0 Å². The molecular weight excluding hydrogens is 398 g/mol. The summed E-state index contributed by atoms with van der Waals surface area (Å²) in [7, 11) is 0. The number of unbranched alkanes of at least 4 members (excludes halogenated alkanes) is 3. The van der Waals surface area contributed by atoms with Gasteiger partial charge in [0, 0.05) is 0 Å². The van der Waals surface area contributed by atoms with Crippen molar-refractivity contribution < 1.29 is 0 Å². The molecule has 0 aliphatic heterocycles. The second-order valence-electron chi connectivity index (χ2n) is 3.00. The van der Waals surface area contributed by atoms with Crippen molar-refractivity contribution >= 4 is 50.9 Å². The Bertz CT molecular complexity index is 31.7. The van der Waals surface area contributed by atoms with Crippen LogP contribution in [-0.2, 0) is 0 Å². The minimum absolute atomic E-state index is 0. The van der Waals surface area contributed by atoms with Gasteiger partial charge in [0.05, 0.1) is 0 Å². The highest BCUT2D eigenvalue weighted by Gasteiger charge is 1.57. The molecular formula is C12H36Br3N. The van der Waals surface area contributed by atoms with Gasteiger partial charge in [-0.05, 0) is 0 Å². The van der Waals surface area contributed by atoms with Crippen molar-refractivity contribution in [1.29, 1.82) is 0 Å². The molecule has 0 unspecified atom stereocenters. The van der Waals surface area contributed by atoms with Gasteiger partial charge in [0.1, 0.15) is 0 Å². The highest BCUT2D eigenvalue weighted by molar-refractivity contribution is 8.93. The first-order chi connectivity index (χ1) is 5.74. The van der Waals surface area contributed by atoms with Gasteiger partial charge in [0.25, 0.3) is 0 Å². The lowest BCUT2D eigenvalue weighted by Gasteiger charge is -1.68. The molecule has 0 spiro atoms. The Morgan fingerprint density at radius 2 is 0.438 bits per heavy atom. The molecule has 16 heavy (non-hydrogen) atoms. The van der Waals surface area contributed by atoms with E-state index in [1.807, 2.05) is 0 Å². The zero-order valence-electron chi connectivity index (χ0n) is 12.2. The molecule has 0 aliphatic rings. The Balaban J connectivity index is -0.0000000135. The molecule has 0 bridgehead atoms. The van der Waals surface area contributed by atoms with Crippen LogP contribution in [-0.4, -0.2) is 0 Å². The molecule has 0 rings (SSSR count). The van der Waals surface area contributed by atoms with Crippen LogP contribution in [0.3, 0.4) is 0 Å². The molecule has 4 heteroatoms. The normalized spacial score (nSPS) is 5.62. The Morgan fingerprint density at radius 3 is 0.438 bits per heavy atom. The standard InChI is InChI=1S/3C4H10.3BrH.H3N/c3*1-3-4-2;;;;/h3*3-4H2,1-2H3;3*1H;1H3. The third-order valence-corrected chi connectivity index (χ3v) is 1.50. The van der Waals surface area contributed by atoms with E-state index in [4.69, 9.17) is 0 Å². The van der Waals surface area contributed by atoms with Crippen LogP contribution in [0.15, 0.2) is 0 Å². The van der Waals surface area contributed by atoms with Gasteiger partial charge >= 0.3 is 0 Å². The lowest BCUT2D eigenvalue weighted by molar-refractivity contribution is 0.886. The van der Waals surface area contributed by atoms with E-state index in [0.717, 1.165) is 0 Å². The molecule has 0 heterocycles. The molecule has 0 saturated carbocycles. The molecule has 0 amide bonds. The fourth-order valence-corrected chi connectivity index (χ4v) is 0. The number of halogens is 3. The van der Waals surface area contributed by atoms with Crippen molar-refractivity contribution in [2.45, 2.75) is 80.1 Å². The smallest absolute Gasteiger partial charge is 0.0564 e. The summed E-state index contributed by atoms with van der Waals surface area (Å²) >= 11 is 0. The third-order valence-electron chi connectivity index (χ3n) is 1.50. The van der Waals surface area contributed by atoms with Crippen molar-refractivity contribution in [1.82, 2.24) is 6.15 Å². The summed E-state index contributed by atoms with van der Waals surface area (Å²) in [6.07, 6.45) is 7.92. The first kappa shape index (κ1) is 43.3. The minimum Gasteiger partial charge on any atom is -0.344 e. The fraction of sp³-hybridized carbons (Fsp3) is 1.00. The van der Waals surface area contributed by atoms with Crippen LogP contribution in [0, 0.1) is 0 Å². The minimum atomic E-state index is 0. The quantitative estimate of drug-likeness (QED) is 0.497. The average Bonchev–Trinajstić information content (AvgIpc) is 2.18. The van der Waals surface area contributed by atoms with Crippen LogP contribution in [0.4, 0.5) is 0 Å². The Hall–Kier alpha value is 1.40. The molecule has 0 saturated heterocycles. The van der Waals surface area contributed by atoms with E-state index in [0.29, 0.717) is 0 Å². The molecule has 110 valence electrons. The average molecular weight is 434 g/mol. The maximum absolute atomic E-state index is 2.18. The van der Waals surface area contributed by atoms with Gasteiger partial charge in [0.15, 0.2) is 0 Å².